The second kappa shape index (κ2) is 8.88. The van der Waals surface area contributed by atoms with Crippen molar-refractivity contribution in [1.29, 1.82) is 0 Å². The van der Waals surface area contributed by atoms with E-state index in [4.69, 9.17) is 0 Å². The van der Waals surface area contributed by atoms with Crippen LogP contribution >= 0.6 is 11.8 Å². The van der Waals surface area contributed by atoms with E-state index in [0.717, 1.165) is 5.56 Å². The fraction of sp³-hybridized carbons (Fsp3) is 0.619. The highest BCUT2D eigenvalue weighted by molar-refractivity contribution is 7.99. The van der Waals surface area contributed by atoms with Crippen molar-refractivity contribution >= 4 is 33.6 Å². The van der Waals surface area contributed by atoms with Gasteiger partial charge in [-0.3, -0.25) is 9.59 Å². The van der Waals surface area contributed by atoms with Crippen LogP contribution in [-0.2, 0) is 19.6 Å². The molecule has 164 valence electrons. The summed E-state index contributed by atoms with van der Waals surface area (Å²) in [4.78, 5) is 27.6. The first kappa shape index (κ1) is 21.6. The van der Waals surface area contributed by atoms with E-state index in [-0.39, 0.29) is 17.7 Å². The Morgan fingerprint density at radius 1 is 1.10 bits per heavy atom. The first-order chi connectivity index (χ1) is 14.4. The van der Waals surface area contributed by atoms with Crippen LogP contribution in [0, 0.1) is 18.8 Å². The Hall–Kier alpha value is -1.58. The Balaban J connectivity index is 1.34. The van der Waals surface area contributed by atoms with Gasteiger partial charge in [0.2, 0.25) is 21.8 Å². The number of nitrogens with one attached hydrogen (secondary N) is 1. The second-order valence-electron chi connectivity index (χ2n) is 8.50. The molecule has 0 bridgehead atoms. The number of carbonyl (C=O) groups excluding carboxylic acids is 2. The number of benzene rings is 1. The molecule has 0 aromatic heterocycles. The average molecular weight is 452 g/mol. The summed E-state index contributed by atoms with van der Waals surface area (Å²) >= 11 is 1.60. The van der Waals surface area contributed by atoms with Crippen molar-refractivity contribution in [2.24, 2.45) is 11.8 Å². The van der Waals surface area contributed by atoms with Crippen LogP contribution in [0.15, 0.2) is 29.2 Å². The van der Waals surface area contributed by atoms with Crippen LogP contribution in [0.2, 0.25) is 0 Å². The van der Waals surface area contributed by atoms with Gasteiger partial charge in [0.15, 0.2) is 0 Å². The number of hydrogen-bond donors (Lipinski definition) is 1. The van der Waals surface area contributed by atoms with Crippen molar-refractivity contribution in [3.05, 3.63) is 29.8 Å². The summed E-state index contributed by atoms with van der Waals surface area (Å²) in [5, 5.41) is 2.99. The lowest BCUT2D eigenvalue weighted by Gasteiger charge is -2.33. The predicted octanol–water partition coefficient (Wildman–Crippen LogP) is 1.82. The van der Waals surface area contributed by atoms with Crippen LogP contribution in [0.5, 0.6) is 0 Å². The topological polar surface area (TPSA) is 86.8 Å². The van der Waals surface area contributed by atoms with Gasteiger partial charge in [-0.25, -0.2) is 8.42 Å². The van der Waals surface area contributed by atoms with E-state index < -0.39 is 16.1 Å². The van der Waals surface area contributed by atoms with Crippen LogP contribution in [0.3, 0.4) is 0 Å². The summed E-state index contributed by atoms with van der Waals surface area (Å²) in [6.07, 6.45) is 3.32. The zero-order chi connectivity index (χ0) is 21.3. The summed E-state index contributed by atoms with van der Waals surface area (Å²) in [5.41, 5.74) is 1.01. The fourth-order valence-electron chi connectivity index (χ4n) is 4.00. The zero-order valence-electron chi connectivity index (χ0n) is 17.2. The SMILES string of the molecule is Cc1ccc(S(=O)(=O)N2CCC(C(=O)N3CSC[C@@H]3C(=O)NCC3CC3)CC2)cc1. The molecule has 1 aromatic rings. The minimum atomic E-state index is -3.54. The molecule has 2 amide bonds. The third-order valence-electron chi connectivity index (χ3n) is 6.19. The minimum Gasteiger partial charge on any atom is -0.354 e. The molecular weight excluding hydrogens is 422 g/mol. The summed E-state index contributed by atoms with van der Waals surface area (Å²) in [6, 6.07) is 6.45. The summed E-state index contributed by atoms with van der Waals surface area (Å²) in [5.74, 6) is 1.46. The van der Waals surface area contributed by atoms with Gasteiger partial charge in [-0.2, -0.15) is 4.31 Å². The van der Waals surface area contributed by atoms with Gasteiger partial charge in [0.1, 0.15) is 6.04 Å². The summed E-state index contributed by atoms with van der Waals surface area (Å²) in [7, 11) is -3.54. The average Bonchev–Trinajstić information content (AvgIpc) is 3.45. The predicted molar refractivity (Wildman–Crippen MR) is 116 cm³/mol. The maximum Gasteiger partial charge on any atom is 0.243 e. The van der Waals surface area contributed by atoms with E-state index >= 15 is 0 Å². The number of thioether (sulfide) groups is 1. The molecular formula is C21H29N3O4S2. The number of hydrogen-bond acceptors (Lipinski definition) is 5. The van der Waals surface area contributed by atoms with Crippen LogP contribution in [0.25, 0.3) is 0 Å². The molecule has 1 atom stereocenters. The molecule has 0 unspecified atom stereocenters. The Kier molecular flexibility index (Phi) is 6.41. The van der Waals surface area contributed by atoms with E-state index in [0.29, 0.717) is 54.9 Å². The number of amides is 2. The van der Waals surface area contributed by atoms with Crippen LogP contribution in [-0.4, -0.2) is 66.7 Å². The van der Waals surface area contributed by atoms with Crippen LogP contribution in [0.4, 0.5) is 0 Å². The molecule has 9 heteroatoms. The first-order valence-electron chi connectivity index (χ1n) is 10.6. The van der Waals surface area contributed by atoms with Crippen LogP contribution in [0.1, 0.15) is 31.2 Å². The van der Waals surface area contributed by atoms with Gasteiger partial charge in [0.05, 0.1) is 10.8 Å². The standard InChI is InChI=1S/C21H29N3O4S2/c1-15-2-6-18(7-3-15)30(27,28)23-10-8-17(9-11-23)21(26)24-14-29-13-19(24)20(25)22-12-16-4-5-16/h2-3,6-7,16-17,19H,4-5,8-14H2,1H3,(H,22,25)/t19-/m1/s1. The quantitative estimate of drug-likeness (QED) is 0.713. The molecule has 4 rings (SSSR count). The third-order valence-corrected chi connectivity index (χ3v) is 9.12. The largest absolute Gasteiger partial charge is 0.354 e. The number of aryl methyl sites for hydroxylation is 1. The van der Waals surface area contributed by atoms with E-state index in [1.54, 1.807) is 40.9 Å². The zero-order valence-corrected chi connectivity index (χ0v) is 18.9. The molecule has 3 fully saturated rings. The maximum atomic E-state index is 13.1. The van der Waals surface area contributed by atoms with E-state index in [1.807, 2.05) is 6.92 Å². The first-order valence-corrected chi connectivity index (χ1v) is 13.2. The fourth-order valence-corrected chi connectivity index (χ4v) is 6.63. The minimum absolute atomic E-state index is 0.0149. The third kappa shape index (κ3) is 4.68. The molecule has 30 heavy (non-hydrogen) atoms. The van der Waals surface area contributed by atoms with Crippen molar-refractivity contribution in [1.82, 2.24) is 14.5 Å². The van der Waals surface area contributed by atoms with Gasteiger partial charge in [0.25, 0.3) is 0 Å². The lowest BCUT2D eigenvalue weighted by atomic mass is 9.96. The highest BCUT2D eigenvalue weighted by atomic mass is 32.2. The number of nitrogens with zero attached hydrogens (tertiary/aromatic N) is 2. The molecule has 2 saturated heterocycles. The van der Waals surface area contributed by atoms with E-state index in [9.17, 15) is 18.0 Å². The van der Waals surface area contributed by atoms with Gasteiger partial charge in [-0.15, -0.1) is 11.8 Å². The molecule has 1 saturated carbocycles. The maximum absolute atomic E-state index is 13.1. The van der Waals surface area contributed by atoms with Crippen molar-refractivity contribution in [2.75, 3.05) is 31.3 Å². The van der Waals surface area contributed by atoms with Gasteiger partial charge in [-0.05, 0) is 50.7 Å². The molecule has 2 aliphatic heterocycles. The second-order valence-corrected chi connectivity index (χ2v) is 11.4. The number of sulfonamides is 1. The lowest BCUT2D eigenvalue weighted by molar-refractivity contribution is -0.142. The highest BCUT2D eigenvalue weighted by Gasteiger charge is 2.40. The van der Waals surface area contributed by atoms with Crippen molar-refractivity contribution in [2.45, 2.75) is 43.5 Å². The Morgan fingerprint density at radius 3 is 2.40 bits per heavy atom. The molecule has 0 radical (unpaired) electrons. The highest BCUT2D eigenvalue weighted by Crippen LogP contribution is 2.30. The van der Waals surface area contributed by atoms with E-state index in [2.05, 4.69) is 5.32 Å². The van der Waals surface area contributed by atoms with Crippen molar-refractivity contribution in [3.63, 3.8) is 0 Å². The Morgan fingerprint density at radius 2 is 1.77 bits per heavy atom. The normalized spacial score (nSPS) is 23.5. The lowest BCUT2D eigenvalue weighted by Crippen LogP contribution is -2.51. The van der Waals surface area contributed by atoms with Crippen LogP contribution < -0.4 is 5.32 Å². The number of carbonyl (C=O) groups is 2. The van der Waals surface area contributed by atoms with E-state index in [1.165, 1.54) is 17.1 Å². The Labute approximate surface area is 182 Å². The summed E-state index contributed by atoms with van der Waals surface area (Å²) < 4.78 is 27.2. The molecule has 7 nitrogen and oxygen atoms in total. The molecule has 3 aliphatic rings. The monoisotopic (exact) mass is 451 g/mol. The van der Waals surface area contributed by atoms with Gasteiger partial charge < -0.3 is 10.2 Å². The van der Waals surface area contributed by atoms with Gasteiger partial charge in [-0.1, -0.05) is 17.7 Å². The smallest absolute Gasteiger partial charge is 0.243 e. The summed E-state index contributed by atoms with van der Waals surface area (Å²) in [6.45, 7) is 3.28. The number of rotatable bonds is 6. The molecule has 1 aliphatic carbocycles. The van der Waals surface area contributed by atoms with Crippen molar-refractivity contribution in [3.8, 4) is 0 Å². The molecule has 1 N–H and O–H groups in total. The van der Waals surface area contributed by atoms with Crippen molar-refractivity contribution < 1.29 is 18.0 Å². The van der Waals surface area contributed by atoms with Gasteiger partial charge in [0, 0.05) is 31.3 Å². The molecule has 0 spiro atoms. The number of piperidine rings is 1. The molecule has 1 aromatic carbocycles. The van der Waals surface area contributed by atoms with Gasteiger partial charge >= 0.3 is 0 Å². The Bertz CT molecular complexity index is 891. The molecule has 2 heterocycles.